The first-order valence-corrected chi connectivity index (χ1v) is 5.36. The number of fused-ring (bicyclic) bond motifs is 1. The fourth-order valence-corrected chi connectivity index (χ4v) is 1.88. The Morgan fingerprint density at radius 1 is 1.59 bits per heavy atom. The number of carbonyl (C=O) groups is 1. The van der Waals surface area contributed by atoms with Gasteiger partial charge in [0.2, 0.25) is 0 Å². The van der Waals surface area contributed by atoms with Crippen LogP contribution in [0.3, 0.4) is 0 Å². The van der Waals surface area contributed by atoms with Crippen LogP contribution >= 0.6 is 11.6 Å². The van der Waals surface area contributed by atoms with Crippen LogP contribution in [0.2, 0.25) is 5.15 Å². The lowest BCUT2D eigenvalue weighted by molar-refractivity contribution is 0.0697. The molecule has 2 aromatic rings. The molecular formula is C11H9ClN2O3. The average molecular weight is 253 g/mol. The summed E-state index contributed by atoms with van der Waals surface area (Å²) >= 11 is 5.87. The zero-order chi connectivity index (χ0) is 12.6. The Morgan fingerprint density at radius 2 is 2.29 bits per heavy atom. The number of halogens is 1. The predicted molar refractivity (Wildman–Crippen MR) is 62.8 cm³/mol. The van der Waals surface area contributed by atoms with Gasteiger partial charge in [-0.15, -0.1) is 0 Å². The normalized spacial score (nSPS) is 10.7. The number of rotatable bonds is 2. The summed E-state index contributed by atoms with van der Waals surface area (Å²) in [6.45, 7) is 1.81. The summed E-state index contributed by atoms with van der Waals surface area (Å²) in [5.74, 6) is -1.07. The molecule has 0 saturated heterocycles. The van der Waals surface area contributed by atoms with Crippen molar-refractivity contribution in [2.24, 2.45) is 0 Å². The quantitative estimate of drug-likeness (QED) is 0.825. The number of carboxylic acids is 1. The molecule has 2 heterocycles. The molecule has 0 fully saturated rings. The van der Waals surface area contributed by atoms with Crippen molar-refractivity contribution in [1.29, 1.82) is 0 Å². The first-order valence-electron chi connectivity index (χ1n) is 4.98. The van der Waals surface area contributed by atoms with Crippen LogP contribution in [0.1, 0.15) is 22.8 Å². The Bertz CT molecular complexity index is 664. The molecule has 0 bridgehead atoms. The number of nitrogens with zero attached hydrogens (tertiary/aromatic N) is 2. The van der Waals surface area contributed by atoms with E-state index in [1.165, 1.54) is 22.7 Å². The van der Waals surface area contributed by atoms with E-state index in [0.717, 1.165) is 0 Å². The lowest BCUT2D eigenvalue weighted by atomic mass is 10.2. The van der Waals surface area contributed by atoms with E-state index in [1.54, 1.807) is 0 Å². The molecular weight excluding hydrogens is 244 g/mol. The van der Waals surface area contributed by atoms with E-state index in [9.17, 15) is 9.59 Å². The van der Waals surface area contributed by atoms with Gasteiger partial charge in [-0.1, -0.05) is 18.5 Å². The molecule has 17 heavy (non-hydrogen) atoms. The van der Waals surface area contributed by atoms with Gasteiger partial charge >= 0.3 is 5.97 Å². The summed E-state index contributed by atoms with van der Waals surface area (Å²) < 4.78 is 1.29. The molecule has 2 aromatic heterocycles. The van der Waals surface area contributed by atoms with Crippen molar-refractivity contribution in [1.82, 2.24) is 9.38 Å². The fourth-order valence-electron chi connectivity index (χ4n) is 1.58. The van der Waals surface area contributed by atoms with Crippen LogP contribution in [0.15, 0.2) is 23.1 Å². The average Bonchev–Trinajstić information content (AvgIpc) is 2.28. The van der Waals surface area contributed by atoms with Crippen LogP contribution in [0, 0.1) is 0 Å². The van der Waals surface area contributed by atoms with Gasteiger partial charge in [0.15, 0.2) is 0 Å². The predicted octanol–water partition coefficient (Wildman–Crippen LogP) is 1.61. The standard InChI is InChI=1S/C11H9ClN2O3/c1-2-7-9(12)13-8-5-6(11(16)17)3-4-14(8)10(7)15/h3-5H,2H2,1H3,(H,16,17). The highest BCUT2D eigenvalue weighted by molar-refractivity contribution is 6.30. The fraction of sp³-hybridized carbons (Fsp3) is 0.182. The molecule has 0 unspecified atom stereocenters. The molecule has 0 radical (unpaired) electrons. The monoisotopic (exact) mass is 252 g/mol. The summed E-state index contributed by atoms with van der Waals surface area (Å²) in [7, 11) is 0. The van der Waals surface area contributed by atoms with Crippen LogP contribution in [-0.2, 0) is 6.42 Å². The third-order valence-corrected chi connectivity index (χ3v) is 2.79. The molecule has 5 nitrogen and oxygen atoms in total. The maximum atomic E-state index is 12.0. The number of pyridine rings is 1. The Hall–Kier alpha value is -1.88. The van der Waals surface area contributed by atoms with Gasteiger partial charge < -0.3 is 5.11 Å². The summed E-state index contributed by atoms with van der Waals surface area (Å²) in [6.07, 6.45) is 1.87. The molecule has 0 spiro atoms. The van der Waals surface area contributed by atoms with Gasteiger partial charge in [0.25, 0.3) is 5.56 Å². The van der Waals surface area contributed by atoms with Gasteiger partial charge in [-0.3, -0.25) is 9.20 Å². The van der Waals surface area contributed by atoms with Crippen molar-refractivity contribution in [3.8, 4) is 0 Å². The minimum atomic E-state index is -1.07. The van der Waals surface area contributed by atoms with Gasteiger partial charge in [0, 0.05) is 6.20 Å². The Morgan fingerprint density at radius 3 is 2.88 bits per heavy atom. The smallest absolute Gasteiger partial charge is 0.335 e. The first kappa shape index (κ1) is 11.6. The second kappa shape index (κ2) is 4.18. The first-order chi connectivity index (χ1) is 8.04. The highest BCUT2D eigenvalue weighted by Crippen LogP contribution is 2.12. The van der Waals surface area contributed by atoms with Gasteiger partial charge in [-0.2, -0.15) is 0 Å². The number of aromatic nitrogens is 2. The Labute approximate surface area is 101 Å². The second-order valence-electron chi connectivity index (χ2n) is 3.49. The van der Waals surface area contributed by atoms with E-state index >= 15 is 0 Å². The SMILES string of the molecule is CCc1c(Cl)nc2cc(C(=O)O)ccn2c1=O. The van der Waals surface area contributed by atoms with E-state index < -0.39 is 5.97 Å². The van der Waals surface area contributed by atoms with E-state index in [4.69, 9.17) is 16.7 Å². The molecule has 0 aromatic carbocycles. The number of hydrogen-bond acceptors (Lipinski definition) is 3. The van der Waals surface area contributed by atoms with Crippen LogP contribution in [0.5, 0.6) is 0 Å². The van der Waals surface area contributed by atoms with Crippen molar-refractivity contribution in [3.05, 3.63) is 45.0 Å². The number of hydrogen-bond donors (Lipinski definition) is 1. The summed E-state index contributed by atoms with van der Waals surface area (Å²) in [5, 5.41) is 8.96. The Kier molecular flexibility index (Phi) is 2.85. The van der Waals surface area contributed by atoms with Crippen molar-refractivity contribution in [3.63, 3.8) is 0 Å². The maximum Gasteiger partial charge on any atom is 0.335 e. The molecule has 88 valence electrons. The maximum absolute atomic E-state index is 12.0. The third-order valence-electron chi connectivity index (χ3n) is 2.47. The van der Waals surface area contributed by atoms with Crippen LogP contribution < -0.4 is 5.56 Å². The molecule has 1 N–H and O–H groups in total. The van der Waals surface area contributed by atoms with Crippen LogP contribution in [0.25, 0.3) is 5.65 Å². The van der Waals surface area contributed by atoms with E-state index in [1.807, 2.05) is 6.92 Å². The van der Waals surface area contributed by atoms with Gasteiger partial charge in [0.05, 0.1) is 11.1 Å². The molecule has 2 rings (SSSR count). The van der Waals surface area contributed by atoms with Gasteiger partial charge in [-0.25, -0.2) is 9.78 Å². The Balaban J connectivity index is 2.82. The number of aromatic carboxylic acids is 1. The van der Waals surface area contributed by atoms with E-state index in [0.29, 0.717) is 12.0 Å². The summed E-state index contributed by atoms with van der Waals surface area (Å²) in [5.41, 5.74) is 0.459. The zero-order valence-electron chi connectivity index (χ0n) is 8.98. The zero-order valence-corrected chi connectivity index (χ0v) is 9.73. The largest absolute Gasteiger partial charge is 0.478 e. The van der Waals surface area contributed by atoms with Crippen molar-refractivity contribution < 1.29 is 9.90 Å². The topological polar surface area (TPSA) is 71.7 Å². The highest BCUT2D eigenvalue weighted by atomic mass is 35.5. The molecule has 0 aliphatic heterocycles. The number of carboxylic acid groups (broad SMARTS) is 1. The van der Waals surface area contributed by atoms with Crippen molar-refractivity contribution in [2.75, 3.05) is 0 Å². The lowest BCUT2D eigenvalue weighted by Gasteiger charge is -2.05. The third kappa shape index (κ3) is 1.89. The minimum Gasteiger partial charge on any atom is -0.478 e. The van der Waals surface area contributed by atoms with Gasteiger partial charge in [0.1, 0.15) is 10.8 Å². The van der Waals surface area contributed by atoms with Crippen molar-refractivity contribution >= 4 is 23.2 Å². The molecule has 0 atom stereocenters. The molecule has 0 aliphatic carbocycles. The summed E-state index contributed by atoms with van der Waals surface area (Å²) in [6, 6.07) is 2.67. The summed E-state index contributed by atoms with van der Waals surface area (Å²) in [4.78, 5) is 26.8. The second-order valence-corrected chi connectivity index (χ2v) is 3.85. The molecule has 6 heteroatoms. The van der Waals surface area contributed by atoms with Gasteiger partial charge in [-0.05, 0) is 18.6 Å². The van der Waals surface area contributed by atoms with E-state index in [-0.39, 0.29) is 21.9 Å². The minimum absolute atomic E-state index is 0.0669. The molecule has 0 aliphatic rings. The molecule has 0 saturated carbocycles. The van der Waals surface area contributed by atoms with Crippen LogP contribution in [-0.4, -0.2) is 20.5 Å². The molecule has 0 amide bonds. The van der Waals surface area contributed by atoms with E-state index in [2.05, 4.69) is 4.98 Å². The lowest BCUT2D eigenvalue weighted by Crippen LogP contribution is -2.20. The van der Waals surface area contributed by atoms with Crippen molar-refractivity contribution in [2.45, 2.75) is 13.3 Å². The highest BCUT2D eigenvalue weighted by Gasteiger charge is 2.11. The van der Waals surface area contributed by atoms with Crippen LogP contribution in [0.4, 0.5) is 0 Å².